The van der Waals surface area contributed by atoms with Crippen LogP contribution >= 0.6 is 24.6 Å². The molecule has 0 amide bonds. The summed E-state index contributed by atoms with van der Waals surface area (Å²) in [7, 11) is -8.87. The van der Waals surface area contributed by atoms with Gasteiger partial charge in [0.2, 0.25) is 10.4 Å². The summed E-state index contributed by atoms with van der Waals surface area (Å²) in [4.78, 5) is 1.73. The fraction of sp³-hybridized carbons (Fsp3) is 0.333. The molecule has 218 valence electrons. The van der Waals surface area contributed by atoms with Gasteiger partial charge in [0.25, 0.3) is 0 Å². The van der Waals surface area contributed by atoms with Crippen LogP contribution in [0.1, 0.15) is 0 Å². The maximum Gasteiger partial charge on any atom is 1.00 e. The SMILES string of the molecule is O=S(=O)([O-])OCCS(=O)(=O)c1ccc(N=Nc2ccc(N(CCOSOO[O-])CCOSOO[O-])cc2)cc1.[Na+].[Na+].[Na+]. The van der Waals surface area contributed by atoms with E-state index in [9.17, 15) is 31.9 Å². The van der Waals surface area contributed by atoms with Gasteiger partial charge in [-0.15, -0.1) is 8.67 Å². The van der Waals surface area contributed by atoms with Crippen molar-refractivity contribution in [1.82, 2.24) is 0 Å². The first-order valence-corrected chi connectivity index (χ1v) is 14.7. The summed E-state index contributed by atoms with van der Waals surface area (Å²) in [5, 5.41) is 34.1. The van der Waals surface area contributed by atoms with Crippen LogP contribution in [0.15, 0.2) is 63.7 Å². The number of rotatable bonds is 20. The van der Waals surface area contributed by atoms with E-state index in [2.05, 4.69) is 33.2 Å². The van der Waals surface area contributed by atoms with Crippen molar-refractivity contribution in [2.24, 2.45) is 10.2 Å². The number of nitrogens with zero attached hydrogens (tertiary/aromatic N) is 3. The molecule has 0 aliphatic carbocycles. The second kappa shape index (κ2) is 25.2. The molecule has 2 aromatic rings. The maximum absolute atomic E-state index is 12.2. The normalized spacial score (nSPS) is 11.4. The number of benzene rings is 2. The quantitative estimate of drug-likeness (QED) is 0.0183. The van der Waals surface area contributed by atoms with Gasteiger partial charge in [-0.2, -0.15) is 10.2 Å². The molecule has 0 aliphatic rings. The maximum atomic E-state index is 12.2. The molecule has 24 heteroatoms. The predicted octanol–water partition coefficient (Wildman–Crippen LogP) is -8.22. The van der Waals surface area contributed by atoms with E-state index in [0.717, 1.165) is 5.69 Å². The fourth-order valence-corrected chi connectivity index (χ4v) is 4.62. The number of anilines is 1. The first-order chi connectivity index (χ1) is 18.6. The zero-order chi connectivity index (χ0) is 28.6. The summed E-state index contributed by atoms with van der Waals surface area (Å²) in [5.74, 6) is -0.695. The molecule has 0 fully saturated rings. The van der Waals surface area contributed by atoms with Gasteiger partial charge in [-0.3, -0.25) is 22.6 Å². The van der Waals surface area contributed by atoms with Gasteiger partial charge in [0, 0.05) is 18.8 Å². The van der Waals surface area contributed by atoms with E-state index in [-0.39, 0.29) is 107 Å². The Labute approximate surface area is 317 Å². The minimum atomic E-state index is -4.99. The van der Waals surface area contributed by atoms with Crippen LogP contribution in [-0.4, -0.2) is 60.1 Å². The molecule has 17 nitrogen and oxygen atoms in total. The van der Waals surface area contributed by atoms with Crippen molar-refractivity contribution in [1.29, 1.82) is 0 Å². The van der Waals surface area contributed by atoms with E-state index in [1.807, 2.05) is 4.90 Å². The van der Waals surface area contributed by atoms with E-state index in [4.69, 9.17) is 8.37 Å². The Hall–Kier alpha value is 1.04. The molecule has 0 saturated heterocycles. The van der Waals surface area contributed by atoms with Gasteiger partial charge >= 0.3 is 88.7 Å². The molecule has 0 aliphatic heterocycles. The first-order valence-electron chi connectivity index (χ1n) is 10.3. The minimum Gasteiger partial charge on any atom is -0.726 e. The van der Waals surface area contributed by atoms with Crippen molar-refractivity contribution in [2.75, 3.05) is 43.6 Å². The summed E-state index contributed by atoms with van der Waals surface area (Å²) in [6.45, 7) is 0.170. The summed E-state index contributed by atoms with van der Waals surface area (Å²) in [5.41, 5.74) is 1.56. The van der Waals surface area contributed by atoms with Crippen LogP contribution in [0.25, 0.3) is 0 Å². The molecule has 0 heterocycles. The topological polar surface area (TPSA) is 230 Å². The average molecular weight is 700 g/mol. The van der Waals surface area contributed by atoms with Gasteiger partial charge in [0.1, 0.15) is 0 Å². The van der Waals surface area contributed by atoms with Gasteiger partial charge in [0.15, 0.2) is 34.5 Å². The third kappa shape index (κ3) is 19.5. The molecule has 0 saturated carbocycles. The summed E-state index contributed by atoms with van der Waals surface area (Å²) in [6.07, 6.45) is 0. The molecule has 2 aromatic carbocycles. The molecule has 0 radical (unpaired) electrons. The molecule has 0 unspecified atom stereocenters. The standard InChI is InChI=1S/C18H23N3O14S4.3Na/c22-32-34-36-29-11-9-21(10-12-30-37-35-33-23)17-5-1-15(2-6-17)19-20-16-3-7-18(8-4-16)38(24,25)14-13-31-39(26,27)28;;;/h1-8,22-23H,9-14H2,(H,26,27,28);;;/q;3*+1/p-3. The zero-order valence-corrected chi connectivity index (χ0v) is 31.8. The smallest absolute Gasteiger partial charge is 0.726 e. The van der Waals surface area contributed by atoms with Gasteiger partial charge in [-0.1, -0.05) is 0 Å². The molecule has 0 spiro atoms. The predicted molar refractivity (Wildman–Crippen MR) is 128 cm³/mol. The number of hydrogen-bond acceptors (Lipinski definition) is 19. The number of azo groups is 1. The number of hydrogen-bond donors (Lipinski definition) is 0. The van der Waals surface area contributed by atoms with Crippen molar-refractivity contribution >= 4 is 61.9 Å². The average Bonchev–Trinajstić information content (AvgIpc) is 2.90. The van der Waals surface area contributed by atoms with Crippen LogP contribution in [0.5, 0.6) is 0 Å². The Balaban J connectivity index is 0. The minimum absolute atomic E-state index is 0. The van der Waals surface area contributed by atoms with Crippen LogP contribution < -0.4 is 104 Å². The third-order valence-electron chi connectivity index (χ3n) is 4.37. The van der Waals surface area contributed by atoms with Gasteiger partial charge < -0.3 is 20.0 Å². The molecule has 0 bridgehead atoms. The number of sulfone groups is 1. The summed E-state index contributed by atoms with van der Waals surface area (Å²) in [6, 6.07) is 12.1. The largest absolute Gasteiger partial charge is 1.00 e. The first kappa shape index (κ1) is 45.2. The Morgan fingerprint density at radius 2 is 1.17 bits per heavy atom. The Morgan fingerprint density at radius 3 is 1.60 bits per heavy atom. The van der Waals surface area contributed by atoms with Crippen molar-refractivity contribution < 1.29 is 152 Å². The van der Waals surface area contributed by atoms with Crippen molar-refractivity contribution in [3.8, 4) is 0 Å². The van der Waals surface area contributed by atoms with E-state index in [1.54, 1.807) is 24.3 Å². The van der Waals surface area contributed by atoms with Crippen LogP contribution in [0.3, 0.4) is 0 Å². The molecule has 0 atom stereocenters. The zero-order valence-electron chi connectivity index (χ0n) is 22.6. The Kier molecular flexibility index (Phi) is 27.1. The second-order valence-electron chi connectivity index (χ2n) is 6.80. The van der Waals surface area contributed by atoms with E-state index in [1.165, 1.54) is 24.3 Å². The van der Waals surface area contributed by atoms with Gasteiger partial charge in [-0.25, -0.2) is 16.8 Å². The van der Waals surface area contributed by atoms with E-state index in [0.29, 0.717) is 49.1 Å². The third-order valence-corrected chi connectivity index (χ3v) is 7.27. The van der Waals surface area contributed by atoms with E-state index >= 15 is 0 Å². The Morgan fingerprint density at radius 1 is 0.714 bits per heavy atom. The second-order valence-corrected chi connectivity index (χ2v) is 11.0. The fourth-order valence-electron chi connectivity index (χ4n) is 2.72. The van der Waals surface area contributed by atoms with Crippen molar-refractivity contribution in [3.05, 3.63) is 48.5 Å². The molecular weight excluding hydrogens is 679 g/mol. The summed E-state index contributed by atoms with van der Waals surface area (Å²) >= 11 is 0.742. The van der Waals surface area contributed by atoms with Gasteiger partial charge in [0.05, 0.1) is 41.8 Å². The molecular formula is C18H20N3Na3O14S4. The van der Waals surface area contributed by atoms with Crippen LogP contribution in [0.4, 0.5) is 17.1 Å². The van der Waals surface area contributed by atoms with E-state index < -0.39 is 32.6 Å². The van der Waals surface area contributed by atoms with Crippen molar-refractivity contribution in [3.63, 3.8) is 0 Å². The van der Waals surface area contributed by atoms with Crippen molar-refractivity contribution in [2.45, 2.75) is 4.90 Å². The summed E-state index contributed by atoms with van der Waals surface area (Å²) < 4.78 is 77.8. The van der Waals surface area contributed by atoms with Crippen LogP contribution in [0.2, 0.25) is 0 Å². The molecule has 42 heavy (non-hydrogen) atoms. The molecule has 0 N–H and O–H groups in total. The van der Waals surface area contributed by atoms with Crippen LogP contribution in [0, 0.1) is 0 Å². The monoisotopic (exact) mass is 699 g/mol. The molecule has 0 aromatic heterocycles. The molecule has 2 rings (SSSR count). The van der Waals surface area contributed by atoms with Gasteiger partial charge in [-0.05, 0) is 48.5 Å². The van der Waals surface area contributed by atoms with Crippen LogP contribution in [-0.2, 0) is 51.5 Å². The Bertz CT molecular complexity index is 1220.